The number of nitrogens with one attached hydrogen (secondary N) is 2. The lowest BCUT2D eigenvalue weighted by molar-refractivity contribution is -0.137. The van der Waals surface area contributed by atoms with E-state index < -0.39 is 21.6 Å². The zero-order chi connectivity index (χ0) is 22.2. The van der Waals surface area contributed by atoms with Crippen LogP contribution in [0.25, 0.3) is 0 Å². The fourth-order valence-corrected chi connectivity index (χ4v) is 3.54. The van der Waals surface area contributed by atoms with E-state index in [1.807, 2.05) is 19.1 Å². The summed E-state index contributed by atoms with van der Waals surface area (Å²) in [6.07, 6.45) is -2.57. The molecule has 172 valence electrons. The van der Waals surface area contributed by atoms with Gasteiger partial charge in [-0.15, -0.1) is 24.0 Å². The summed E-state index contributed by atoms with van der Waals surface area (Å²) in [5.41, 5.74) is 1.81. The highest BCUT2D eigenvalue weighted by molar-refractivity contribution is 14.0. The molecule has 10 heteroatoms. The highest BCUT2D eigenvalue weighted by atomic mass is 127. The van der Waals surface area contributed by atoms with Crippen molar-refractivity contribution in [1.82, 2.24) is 10.6 Å². The molecule has 0 bridgehead atoms. The first-order chi connectivity index (χ1) is 14.1. The van der Waals surface area contributed by atoms with Gasteiger partial charge in [-0.25, -0.2) is 13.4 Å². The van der Waals surface area contributed by atoms with Crippen LogP contribution in [0, 0.1) is 0 Å². The minimum Gasteiger partial charge on any atom is -0.357 e. The van der Waals surface area contributed by atoms with E-state index in [0.29, 0.717) is 32.0 Å². The Hall–Kier alpha value is -1.82. The van der Waals surface area contributed by atoms with Crippen LogP contribution in [0.1, 0.15) is 29.2 Å². The van der Waals surface area contributed by atoms with Crippen molar-refractivity contribution in [3.05, 3.63) is 70.8 Å². The van der Waals surface area contributed by atoms with E-state index in [0.717, 1.165) is 28.8 Å². The molecule has 0 saturated heterocycles. The molecular formula is C21H27F3IN3O2S. The smallest absolute Gasteiger partial charge is 0.357 e. The maximum atomic E-state index is 12.6. The maximum absolute atomic E-state index is 12.6. The van der Waals surface area contributed by atoms with Crippen molar-refractivity contribution in [2.24, 2.45) is 4.99 Å². The van der Waals surface area contributed by atoms with Crippen LogP contribution >= 0.6 is 24.0 Å². The maximum Gasteiger partial charge on any atom is 0.416 e. The fraction of sp³-hybridized carbons (Fsp3) is 0.381. The molecule has 31 heavy (non-hydrogen) atoms. The number of alkyl halides is 3. The predicted octanol–water partition coefficient (Wildman–Crippen LogP) is 4.17. The predicted molar refractivity (Wildman–Crippen MR) is 128 cm³/mol. The van der Waals surface area contributed by atoms with E-state index >= 15 is 0 Å². The molecule has 0 radical (unpaired) electrons. The summed E-state index contributed by atoms with van der Waals surface area (Å²) in [4.78, 5) is 4.49. The van der Waals surface area contributed by atoms with Gasteiger partial charge in [0.15, 0.2) is 15.8 Å². The molecule has 0 saturated carbocycles. The number of guanidine groups is 1. The van der Waals surface area contributed by atoms with Crippen molar-refractivity contribution in [1.29, 1.82) is 0 Å². The topological polar surface area (TPSA) is 70.6 Å². The first-order valence-corrected chi connectivity index (χ1v) is 11.6. The second-order valence-corrected chi connectivity index (χ2v) is 9.09. The van der Waals surface area contributed by atoms with Crippen LogP contribution in [0.5, 0.6) is 0 Å². The Morgan fingerprint density at radius 1 is 0.935 bits per heavy atom. The average molecular weight is 569 g/mol. The highest BCUT2D eigenvalue weighted by Crippen LogP contribution is 2.29. The van der Waals surface area contributed by atoms with Gasteiger partial charge in [-0.05, 0) is 42.2 Å². The molecule has 2 aromatic rings. The Morgan fingerprint density at radius 3 is 2.00 bits per heavy atom. The Labute approximate surface area is 198 Å². The standard InChI is InChI=1S/C21H26F3N3O2S.HI/c1-3-25-20(26-13-12-16-8-10-19(11-9-16)21(22,23)24)27-14-17-4-6-18(7-5-17)15-30(2,28)29;/h4-11H,3,12-15H2,1-2H3,(H2,25,26,27);1H. The molecule has 5 nitrogen and oxygen atoms in total. The monoisotopic (exact) mass is 569 g/mol. The van der Waals surface area contributed by atoms with Crippen molar-refractivity contribution in [2.75, 3.05) is 19.3 Å². The molecule has 2 aromatic carbocycles. The molecule has 0 atom stereocenters. The van der Waals surface area contributed by atoms with Crippen molar-refractivity contribution in [3.8, 4) is 0 Å². The van der Waals surface area contributed by atoms with Crippen LogP contribution in [-0.2, 0) is 34.7 Å². The average Bonchev–Trinajstić information content (AvgIpc) is 2.66. The Bertz CT molecular complexity index is 945. The highest BCUT2D eigenvalue weighted by Gasteiger charge is 2.29. The number of aliphatic imine (C=N–C) groups is 1. The summed E-state index contributed by atoms with van der Waals surface area (Å²) in [5.74, 6) is 0.606. The van der Waals surface area contributed by atoms with Gasteiger partial charge in [0.1, 0.15) is 0 Å². The van der Waals surface area contributed by atoms with Gasteiger partial charge in [-0.2, -0.15) is 13.2 Å². The third-order valence-corrected chi connectivity index (χ3v) is 5.06. The van der Waals surface area contributed by atoms with Gasteiger partial charge in [0.05, 0.1) is 17.9 Å². The number of hydrogen-bond acceptors (Lipinski definition) is 3. The van der Waals surface area contributed by atoms with E-state index in [4.69, 9.17) is 0 Å². The van der Waals surface area contributed by atoms with Gasteiger partial charge in [0.2, 0.25) is 0 Å². The van der Waals surface area contributed by atoms with Crippen LogP contribution in [0.15, 0.2) is 53.5 Å². The molecule has 0 aliphatic carbocycles. The summed E-state index contributed by atoms with van der Waals surface area (Å²) in [7, 11) is -3.07. The zero-order valence-electron chi connectivity index (χ0n) is 17.4. The first-order valence-electron chi connectivity index (χ1n) is 9.50. The van der Waals surface area contributed by atoms with Crippen LogP contribution in [0.3, 0.4) is 0 Å². The molecule has 0 aromatic heterocycles. The number of sulfone groups is 1. The summed E-state index contributed by atoms with van der Waals surface area (Å²) in [5, 5.41) is 6.29. The van der Waals surface area contributed by atoms with Gasteiger partial charge in [0, 0.05) is 19.3 Å². The van der Waals surface area contributed by atoms with E-state index in [1.165, 1.54) is 18.4 Å². The molecule has 2 rings (SSSR count). The normalized spacial score (nSPS) is 12.2. The molecule has 0 spiro atoms. The lowest BCUT2D eigenvalue weighted by Crippen LogP contribution is -2.38. The largest absolute Gasteiger partial charge is 0.416 e. The SMILES string of the molecule is CCNC(=NCc1ccc(CS(C)(=O)=O)cc1)NCCc1ccc(C(F)(F)F)cc1.I. The molecular weight excluding hydrogens is 542 g/mol. The molecule has 0 aliphatic heterocycles. The van der Waals surface area contributed by atoms with Crippen LogP contribution < -0.4 is 10.6 Å². The Balaban J connectivity index is 0.00000480. The summed E-state index contributed by atoms with van der Waals surface area (Å²) >= 11 is 0. The second kappa shape index (κ2) is 12.3. The molecule has 0 amide bonds. The van der Waals surface area contributed by atoms with Gasteiger partial charge in [-0.1, -0.05) is 36.4 Å². The lowest BCUT2D eigenvalue weighted by Gasteiger charge is -2.12. The Kier molecular flexibility index (Phi) is 10.8. The molecule has 0 unspecified atom stereocenters. The lowest BCUT2D eigenvalue weighted by atomic mass is 10.1. The van der Waals surface area contributed by atoms with Crippen LogP contribution in [-0.4, -0.2) is 33.7 Å². The van der Waals surface area contributed by atoms with Gasteiger partial charge < -0.3 is 10.6 Å². The minimum absolute atomic E-state index is 0. The van der Waals surface area contributed by atoms with Crippen LogP contribution in [0.2, 0.25) is 0 Å². The van der Waals surface area contributed by atoms with Gasteiger partial charge in [0.25, 0.3) is 0 Å². The number of rotatable bonds is 8. The summed E-state index contributed by atoms with van der Waals surface area (Å²) < 4.78 is 60.6. The fourth-order valence-electron chi connectivity index (χ4n) is 2.74. The second-order valence-electron chi connectivity index (χ2n) is 6.95. The molecule has 0 aliphatic rings. The number of nitrogens with zero attached hydrogens (tertiary/aromatic N) is 1. The van der Waals surface area contributed by atoms with E-state index in [-0.39, 0.29) is 29.7 Å². The minimum atomic E-state index is -4.33. The number of halogens is 4. The van der Waals surface area contributed by atoms with E-state index in [1.54, 1.807) is 12.1 Å². The quantitative estimate of drug-likeness (QED) is 0.285. The van der Waals surface area contributed by atoms with Gasteiger partial charge in [-0.3, -0.25) is 0 Å². The Morgan fingerprint density at radius 2 is 1.48 bits per heavy atom. The van der Waals surface area contributed by atoms with Gasteiger partial charge >= 0.3 is 6.18 Å². The number of hydrogen-bond donors (Lipinski definition) is 2. The van der Waals surface area contributed by atoms with E-state index in [2.05, 4.69) is 15.6 Å². The molecule has 0 fully saturated rings. The summed E-state index contributed by atoms with van der Waals surface area (Å²) in [6.45, 7) is 3.53. The van der Waals surface area contributed by atoms with Crippen LogP contribution in [0.4, 0.5) is 13.2 Å². The molecule has 2 N–H and O–H groups in total. The van der Waals surface area contributed by atoms with Crippen molar-refractivity contribution in [3.63, 3.8) is 0 Å². The number of benzene rings is 2. The van der Waals surface area contributed by atoms with Crippen molar-refractivity contribution >= 4 is 39.8 Å². The van der Waals surface area contributed by atoms with Crippen molar-refractivity contribution < 1.29 is 21.6 Å². The summed E-state index contributed by atoms with van der Waals surface area (Å²) in [6, 6.07) is 12.4. The van der Waals surface area contributed by atoms with Crippen molar-refractivity contribution in [2.45, 2.75) is 31.8 Å². The third kappa shape index (κ3) is 10.4. The zero-order valence-corrected chi connectivity index (χ0v) is 20.5. The first kappa shape index (κ1) is 27.2. The molecule has 0 heterocycles. The third-order valence-electron chi connectivity index (χ3n) is 4.20. The van der Waals surface area contributed by atoms with E-state index in [9.17, 15) is 21.6 Å².